The van der Waals surface area contributed by atoms with E-state index in [1.165, 1.54) is 24.3 Å². The highest BCUT2D eigenvalue weighted by atomic mass is 16.6. The standard InChI is InChI=1S/C17H14N2O4.CH2O3/c1-2-3-10-17(13-6-4-8-15(11-13)18(20)21)14-7-5-9-16(12-14)19(22)23;2-1(3)4/h2-12H,1H3;(H2,2,3,4)/b3-2+;. The Morgan fingerprint density at radius 2 is 1.33 bits per heavy atom. The molecule has 0 amide bonds. The van der Waals surface area contributed by atoms with Crippen molar-refractivity contribution in [3.05, 3.63) is 98.1 Å². The lowest BCUT2D eigenvalue weighted by atomic mass is 9.96. The maximum absolute atomic E-state index is 11.0. The van der Waals surface area contributed by atoms with Crippen LogP contribution >= 0.6 is 0 Å². The molecule has 2 rings (SSSR count). The van der Waals surface area contributed by atoms with Crippen LogP contribution in [0, 0.1) is 20.2 Å². The van der Waals surface area contributed by atoms with Crippen molar-refractivity contribution >= 4 is 23.1 Å². The van der Waals surface area contributed by atoms with Crippen LogP contribution < -0.4 is 0 Å². The van der Waals surface area contributed by atoms with Gasteiger partial charge in [0.25, 0.3) is 11.4 Å². The number of benzene rings is 2. The molecular weight excluding hydrogens is 356 g/mol. The van der Waals surface area contributed by atoms with Crippen LogP contribution in [0.15, 0.2) is 66.8 Å². The van der Waals surface area contributed by atoms with Crippen LogP contribution in [0.1, 0.15) is 18.1 Å². The van der Waals surface area contributed by atoms with Crippen LogP contribution in [0.3, 0.4) is 0 Å². The first-order valence-corrected chi connectivity index (χ1v) is 7.50. The molecule has 0 aliphatic carbocycles. The van der Waals surface area contributed by atoms with E-state index in [0.717, 1.165) is 0 Å². The number of nitro groups is 2. The Bertz CT molecular complexity index is 841. The molecule has 0 saturated carbocycles. The van der Waals surface area contributed by atoms with E-state index in [-0.39, 0.29) is 11.4 Å². The lowest BCUT2D eigenvalue weighted by Gasteiger charge is -2.08. The number of nitro benzene ring substituents is 2. The Labute approximate surface area is 153 Å². The minimum atomic E-state index is -1.83. The summed E-state index contributed by atoms with van der Waals surface area (Å²) in [7, 11) is 0. The van der Waals surface area contributed by atoms with Gasteiger partial charge in [0.2, 0.25) is 0 Å². The first-order chi connectivity index (χ1) is 12.8. The van der Waals surface area contributed by atoms with E-state index in [4.69, 9.17) is 15.0 Å². The fraction of sp³-hybridized carbons (Fsp3) is 0.0556. The van der Waals surface area contributed by atoms with Crippen molar-refractivity contribution in [3.8, 4) is 0 Å². The Hall–Kier alpha value is -4.01. The van der Waals surface area contributed by atoms with Gasteiger partial charge in [0.15, 0.2) is 0 Å². The monoisotopic (exact) mass is 372 g/mol. The first-order valence-electron chi connectivity index (χ1n) is 7.50. The second-order valence-electron chi connectivity index (χ2n) is 5.00. The highest BCUT2D eigenvalue weighted by molar-refractivity contribution is 5.82. The highest BCUT2D eigenvalue weighted by Crippen LogP contribution is 2.28. The topological polar surface area (TPSA) is 144 Å². The second-order valence-corrected chi connectivity index (χ2v) is 5.00. The predicted octanol–water partition coefficient (Wildman–Crippen LogP) is 4.73. The molecule has 0 heterocycles. The van der Waals surface area contributed by atoms with Gasteiger partial charge in [-0.3, -0.25) is 20.2 Å². The van der Waals surface area contributed by atoms with Crippen molar-refractivity contribution in [2.75, 3.05) is 0 Å². The van der Waals surface area contributed by atoms with Crippen molar-refractivity contribution < 1.29 is 24.9 Å². The third-order valence-electron chi connectivity index (χ3n) is 3.19. The lowest BCUT2D eigenvalue weighted by Crippen LogP contribution is -1.94. The summed E-state index contributed by atoms with van der Waals surface area (Å²) in [5.74, 6) is 0. The number of carboxylic acid groups (broad SMARTS) is 2. The van der Waals surface area contributed by atoms with Crippen molar-refractivity contribution in [2.24, 2.45) is 0 Å². The number of nitrogens with zero attached hydrogens (tertiary/aromatic N) is 2. The molecule has 0 aromatic heterocycles. The fourth-order valence-corrected chi connectivity index (χ4v) is 2.13. The molecule has 9 heteroatoms. The van der Waals surface area contributed by atoms with Gasteiger partial charge in [0, 0.05) is 24.3 Å². The summed E-state index contributed by atoms with van der Waals surface area (Å²) in [6.45, 7) is 1.84. The van der Waals surface area contributed by atoms with Crippen LogP contribution in [-0.2, 0) is 0 Å². The summed E-state index contributed by atoms with van der Waals surface area (Å²) in [6.07, 6.45) is 3.54. The third-order valence-corrected chi connectivity index (χ3v) is 3.19. The number of rotatable bonds is 5. The van der Waals surface area contributed by atoms with E-state index in [0.29, 0.717) is 16.7 Å². The van der Waals surface area contributed by atoms with Crippen molar-refractivity contribution in [1.82, 2.24) is 0 Å². The van der Waals surface area contributed by atoms with E-state index in [2.05, 4.69) is 0 Å². The number of allylic oxidation sites excluding steroid dienone is 3. The Morgan fingerprint density at radius 1 is 0.926 bits per heavy atom. The summed E-state index contributed by atoms with van der Waals surface area (Å²) in [4.78, 5) is 29.5. The van der Waals surface area contributed by atoms with Gasteiger partial charge in [-0.15, -0.1) is 0 Å². The predicted molar refractivity (Wildman–Crippen MR) is 98.7 cm³/mol. The maximum atomic E-state index is 11.0. The summed E-state index contributed by atoms with van der Waals surface area (Å²) >= 11 is 0. The molecule has 0 bridgehead atoms. The molecule has 0 radical (unpaired) electrons. The number of hydrogen-bond donors (Lipinski definition) is 2. The van der Waals surface area contributed by atoms with Crippen LogP contribution in [0.2, 0.25) is 0 Å². The molecule has 0 aliphatic heterocycles. The summed E-state index contributed by atoms with van der Waals surface area (Å²) in [5, 5.41) is 35.8. The second kappa shape index (κ2) is 10.1. The Morgan fingerprint density at radius 3 is 1.67 bits per heavy atom. The SMILES string of the molecule is C/C=C/C=C(c1cccc([N+](=O)[O-])c1)c1cccc([N+](=O)[O-])c1.O=C(O)O. The zero-order valence-corrected chi connectivity index (χ0v) is 14.2. The number of carbonyl (C=O) groups is 1. The molecular formula is C18H16N2O7. The summed E-state index contributed by atoms with van der Waals surface area (Å²) < 4.78 is 0. The average molecular weight is 372 g/mol. The molecule has 0 fully saturated rings. The van der Waals surface area contributed by atoms with E-state index >= 15 is 0 Å². The van der Waals surface area contributed by atoms with Crippen molar-refractivity contribution in [1.29, 1.82) is 0 Å². The molecule has 2 aromatic rings. The molecule has 0 aliphatic rings. The van der Waals surface area contributed by atoms with Crippen LogP contribution in [-0.4, -0.2) is 26.2 Å². The van der Waals surface area contributed by atoms with Crippen molar-refractivity contribution in [2.45, 2.75) is 6.92 Å². The smallest absolute Gasteiger partial charge is 0.450 e. The molecule has 27 heavy (non-hydrogen) atoms. The zero-order chi connectivity index (χ0) is 20.4. The van der Waals surface area contributed by atoms with E-state index in [9.17, 15) is 20.2 Å². The molecule has 140 valence electrons. The first kappa shape index (κ1) is 21.0. The quantitative estimate of drug-likeness (QED) is 0.438. The fourth-order valence-electron chi connectivity index (χ4n) is 2.13. The molecule has 9 nitrogen and oxygen atoms in total. The van der Waals surface area contributed by atoms with Gasteiger partial charge in [-0.25, -0.2) is 4.79 Å². The van der Waals surface area contributed by atoms with Gasteiger partial charge < -0.3 is 10.2 Å². The van der Waals surface area contributed by atoms with Crippen LogP contribution in [0.4, 0.5) is 16.2 Å². The van der Waals surface area contributed by atoms with Gasteiger partial charge in [-0.2, -0.15) is 0 Å². The molecule has 0 spiro atoms. The lowest BCUT2D eigenvalue weighted by molar-refractivity contribution is -0.385. The normalized spacial score (nSPS) is 9.81. The molecule has 0 unspecified atom stereocenters. The minimum Gasteiger partial charge on any atom is -0.450 e. The number of hydrogen-bond acceptors (Lipinski definition) is 5. The van der Waals surface area contributed by atoms with Gasteiger partial charge in [-0.05, 0) is 23.6 Å². The van der Waals surface area contributed by atoms with Crippen LogP contribution in [0.5, 0.6) is 0 Å². The Balaban J connectivity index is 0.000000828. The summed E-state index contributed by atoms with van der Waals surface area (Å²) in [6, 6.07) is 12.4. The summed E-state index contributed by atoms with van der Waals surface area (Å²) in [5.41, 5.74) is 1.87. The van der Waals surface area contributed by atoms with E-state index in [1.54, 1.807) is 36.4 Å². The zero-order valence-electron chi connectivity index (χ0n) is 14.2. The van der Waals surface area contributed by atoms with E-state index in [1.807, 2.05) is 13.0 Å². The molecule has 2 N–H and O–H groups in total. The molecule has 0 atom stereocenters. The van der Waals surface area contributed by atoms with Crippen LogP contribution in [0.25, 0.3) is 5.57 Å². The van der Waals surface area contributed by atoms with Gasteiger partial charge in [0.1, 0.15) is 0 Å². The average Bonchev–Trinajstić information content (AvgIpc) is 2.62. The van der Waals surface area contributed by atoms with Crippen molar-refractivity contribution in [3.63, 3.8) is 0 Å². The minimum absolute atomic E-state index is 0.0284. The number of non-ortho nitro benzene ring substituents is 2. The Kier molecular flexibility index (Phi) is 7.86. The van der Waals surface area contributed by atoms with Gasteiger partial charge >= 0.3 is 6.16 Å². The molecule has 2 aromatic carbocycles. The third kappa shape index (κ3) is 6.78. The largest absolute Gasteiger partial charge is 0.503 e. The van der Waals surface area contributed by atoms with E-state index < -0.39 is 16.0 Å². The van der Waals surface area contributed by atoms with Gasteiger partial charge in [-0.1, -0.05) is 42.5 Å². The highest BCUT2D eigenvalue weighted by Gasteiger charge is 2.13. The maximum Gasteiger partial charge on any atom is 0.503 e. The molecule has 0 saturated heterocycles. The van der Waals surface area contributed by atoms with Gasteiger partial charge in [0.05, 0.1) is 9.85 Å².